The van der Waals surface area contributed by atoms with Crippen LogP contribution in [0.25, 0.3) is 0 Å². The van der Waals surface area contributed by atoms with E-state index in [0.717, 1.165) is 23.5 Å². The average molecular weight is 293 g/mol. The molecule has 0 saturated heterocycles. The zero-order valence-electron chi connectivity index (χ0n) is 12.2. The summed E-state index contributed by atoms with van der Waals surface area (Å²) in [4.78, 5) is 0. The predicted octanol–water partition coefficient (Wildman–Crippen LogP) is 3.71. The number of aryl methyl sites for hydroxylation is 2. The van der Waals surface area contributed by atoms with E-state index in [1.165, 1.54) is 0 Å². The topological polar surface area (TPSA) is 38.0 Å². The first-order valence-corrected chi connectivity index (χ1v) is 7.39. The Morgan fingerprint density at radius 1 is 1.25 bits per heavy atom. The molecule has 0 amide bonds. The average Bonchev–Trinajstić information content (AvgIpc) is 2.75. The fourth-order valence-electron chi connectivity index (χ4n) is 2.49. The van der Waals surface area contributed by atoms with Gasteiger partial charge in [-0.05, 0) is 25.8 Å². The van der Waals surface area contributed by atoms with E-state index in [1.54, 1.807) is 0 Å². The summed E-state index contributed by atoms with van der Waals surface area (Å²) < 4.78 is 1.88. The van der Waals surface area contributed by atoms with Crippen molar-refractivity contribution in [3.8, 4) is 0 Å². The van der Waals surface area contributed by atoms with Gasteiger partial charge >= 0.3 is 0 Å². The second kappa shape index (κ2) is 5.98. The molecule has 0 aliphatic rings. The normalized spacial score (nSPS) is 14.2. The Balaban J connectivity index is 2.41. The second-order valence-electron chi connectivity index (χ2n) is 5.09. The Hall–Kier alpha value is -1.32. The maximum atomic E-state index is 11.0. The van der Waals surface area contributed by atoms with Crippen LogP contribution < -0.4 is 0 Å². The SMILES string of the molecule is CCn1nc(C)c(Cl)c1CC(O)(CC)c1ccccc1. The van der Waals surface area contributed by atoms with Gasteiger partial charge in [-0.2, -0.15) is 5.10 Å². The highest BCUT2D eigenvalue weighted by molar-refractivity contribution is 6.31. The first-order chi connectivity index (χ1) is 9.51. The molecule has 2 rings (SSSR count). The molecule has 1 atom stereocenters. The van der Waals surface area contributed by atoms with Crippen molar-refractivity contribution in [3.63, 3.8) is 0 Å². The van der Waals surface area contributed by atoms with Gasteiger partial charge in [-0.15, -0.1) is 0 Å². The standard InChI is InChI=1S/C16H21ClN2O/c1-4-16(20,13-9-7-6-8-10-13)11-14-15(17)12(3)18-19(14)5-2/h6-10,20H,4-5,11H2,1-3H3. The van der Waals surface area contributed by atoms with Crippen LogP contribution in [0.3, 0.4) is 0 Å². The van der Waals surface area contributed by atoms with Crippen LogP contribution >= 0.6 is 11.6 Å². The van der Waals surface area contributed by atoms with Gasteiger partial charge in [0.2, 0.25) is 0 Å². The smallest absolute Gasteiger partial charge is 0.0949 e. The molecule has 1 heterocycles. The fraction of sp³-hybridized carbons (Fsp3) is 0.438. The molecule has 1 aromatic heterocycles. The maximum Gasteiger partial charge on any atom is 0.0949 e. The lowest BCUT2D eigenvalue weighted by Crippen LogP contribution is -2.29. The molecule has 0 fully saturated rings. The molecule has 1 N–H and O–H groups in total. The summed E-state index contributed by atoms with van der Waals surface area (Å²) in [6.07, 6.45) is 1.10. The molecular formula is C16H21ClN2O. The lowest BCUT2D eigenvalue weighted by molar-refractivity contribution is 0.0307. The molecule has 0 radical (unpaired) electrons. The highest BCUT2D eigenvalue weighted by atomic mass is 35.5. The van der Waals surface area contributed by atoms with Crippen molar-refractivity contribution in [2.75, 3.05) is 0 Å². The number of hydrogen-bond acceptors (Lipinski definition) is 2. The van der Waals surface area contributed by atoms with Gasteiger partial charge in [0.25, 0.3) is 0 Å². The van der Waals surface area contributed by atoms with Crippen LogP contribution in [0.5, 0.6) is 0 Å². The number of aromatic nitrogens is 2. The fourth-order valence-corrected chi connectivity index (χ4v) is 2.70. The third-order valence-corrected chi connectivity index (χ3v) is 4.30. The van der Waals surface area contributed by atoms with Crippen LogP contribution in [0.1, 0.15) is 37.2 Å². The molecule has 20 heavy (non-hydrogen) atoms. The molecule has 0 spiro atoms. The first-order valence-electron chi connectivity index (χ1n) is 7.01. The highest BCUT2D eigenvalue weighted by Crippen LogP contribution is 2.32. The van der Waals surface area contributed by atoms with Crippen LogP contribution in [-0.4, -0.2) is 14.9 Å². The lowest BCUT2D eigenvalue weighted by Gasteiger charge is -2.28. The Morgan fingerprint density at radius 3 is 2.45 bits per heavy atom. The Kier molecular flexibility index (Phi) is 4.51. The largest absolute Gasteiger partial charge is 0.385 e. The second-order valence-corrected chi connectivity index (χ2v) is 5.47. The summed E-state index contributed by atoms with van der Waals surface area (Å²) in [7, 11) is 0. The summed E-state index contributed by atoms with van der Waals surface area (Å²) in [6.45, 7) is 6.66. The van der Waals surface area contributed by atoms with Crippen molar-refractivity contribution in [2.45, 2.75) is 45.8 Å². The van der Waals surface area contributed by atoms with E-state index in [-0.39, 0.29) is 0 Å². The van der Waals surface area contributed by atoms with Crippen LogP contribution in [0.4, 0.5) is 0 Å². The summed E-state index contributed by atoms with van der Waals surface area (Å²) in [5.74, 6) is 0. The van der Waals surface area contributed by atoms with Gasteiger partial charge in [0.1, 0.15) is 0 Å². The van der Waals surface area contributed by atoms with Crippen LogP contribution in [0, 0.1) is 6.92 Å². The molecule has 0 aliphatic heterocycles. The molecule has 0 aliphatic carbocycles. The molecular weight excluding hydrogens is 272 g/mol. The highest BCUT2D eigenvalue weighted by Gasteiger charge is 2.30. The van der Waals surface area contributed by atoms with Crippen molar-refractivity contribution < 1.29 is 5.11 Å². The number of hydrogen-bond donors (Lipinski definition) is 1. The number of rotatable bonds is 5. The Labute approximate surface area is 125 Å². The minimum Gasteiger partial charge on any atom is -0.385 e. The van der Waals surface area contributed by atoms with E-state index in [1.807, 2.05) is 55.8 Å². The van der Waals surface area contributed by atoms with E-state index in [2.05, 4.69) is 5.10 Å². The maximum absolute atomic E-state index is 11.0. The molecule has 0 saturated carbocycles. The van der Waals surface area contributed by atoms with E-state index in [9.17, 15) is 5.11 Å². The quantitative estimate of drug-likeness (QED) is 0.912. The minimum absolute atomic E-state index is 0.473. The summed E-state index contributed by atoms with van der Waals surface area (Å²) in [6, 6.07) is 9.75. The van der Waals surface area contributed by atoms with Gasteiger partial charge in [0, 0.05) is 13.0 Å². The van der Waals surface area contributed by atoms with Gasteiger partial charge in [0.05, 0.1) is 22.0 Å². The molecule has 1 aromatic carbocycles. The third kappa shape index (κ3) is 2.74. The van der Waals surface area contributed by atoms with Crippen LogP contribution in [0.2, 0.25) is 5.02 Å². The van der Waals surface area contributed by atoms with Gasteiger partial charge < -0.3 is 5.11 Å². The molecule has 0 bridgehead atoms. The number of aliphatic hydroxyl groups is 1. The predicted molar refractivity (Wildman–Crippen MR) is 82.0 cm³/mol. The summed E-state index contributed by atoms with van der Waals surface area (Å²) >= 11 is 6.35. The first kappa shape index (κ1) is 15.1. The number of halogens is 1. The molecule has 2 aromatic rings. The Bertz CT molecular complexity index is 580. The zero-order chi connectivity index (χ0) is 14.8. The van der Waals surface area contributed by atoms with Gasteiger partial charge in [-0.3, -0.25) is 4.68 Å². The van der Waals surface area contributed by atoms with Crippen molar-refractivity contribution in [1.82, 2.24) is 9.78 Å². The third-order valence-electron chi connectivity index (χ3n) is 3.81. The number of nitrogens with zero attached hydrogens (tertiary/aromatic N) is 2. The number of benzene rings is 1. The van der Waals surface area contributed by atoms with Gasteiger partial charge in [0.15, 0.2) is 0 Å². The molecule has 4 heteroatoms. The molecule has 1 unspecified atom stereocenters. The molecule has 3 nitrogen and oxygen atoms in total. The van der Waals surface area contributed by atoms with Gasteiger partial charge in [-0.1, -0.05) is 48.9 Å². The van der Waals surface area contributed by atoms with Crippen molar-refractivity contribution in [2.24, 2.45) is 0 Å². The van der Waals surface area contributed by atoms with Crippen LogP contribution in [0.15, 0.2) is 30.3 Å². The van der Waals surface area contributed by atoms with Crippen molar-refractivity contribution >= 4 is 11.6 Å². The summed E-state index contributed by atoms with van der Waals surface area (Å²) in [5, 5.41) is 16.1. The molecule has 108 valence electrons. The lowest BCUT2D eigenvalue weighted by atomic mass is 9.86. The van der Waals surface area contributed by atoms with Gasteiger partial charge in [-0.25, -0.2) is 0 Å². The monoisotopic (exact) mass is 292 g/mol. The van der Waals surface area contributed by atoms with E-state index in [0.29, 0.717) is 17.9 Å². The minimum atomic E-state index is -0.912. The van der Waals surface area contributed by atoms with Crippen molar-refractivity contribution in [3.05, 3.63) is 52.3 Å². The van der Waals surface area contributed by atoms with Crippen molar-refractivity contribution in [1.29, 1.82) is 0 Å². The van der Waals surface area contributed by atoms with Crippen LogP contribution in [-0.2, 0) is 18.6 Å². The van der Waals surface area contributed by atoms with E-state index >= 15 is 0 Å². The summed E-state index contributed by atoms with van der Waals surface area (Å²) in [5.41, 5.74) is 1.72. The Morgan fingerprint density at radius 2 is 1.90 bits per heavy atom. The van der Waals surface area contributed by atoms with E-state index < -0.39 is 5.60 Å². The zero-order valence-corrected chi connectivity index (χ0v) is 13.0. The van der Waals surface area contributed by atoms with E-state index in [4.69, 9.17) is 11.6 Å².